The number of aliphatic hydroxyl groups is 1. The maximum Gasteiger partial charge on any atom is 0.229 e. The molecule has 0 fully saturated rings. The Morgan fingerprint density at radius 3 is 3.20 bits per heavy atom. The number of aliphatic hydroxyl groups excluding tert-OH is 1. The second kappa shape index (κ2) is 3.12. The molecule has 0 bridgehead atoms. The van der Waals surface area contributed by atoms with Crippen LogP contribution >= 0.6 is 0 Å². The molecule has 0 saturated heterocycles. The van der Waals surface area contributed by atoms with E-state index in [0.29, 0.717) is 5.82 Å². The minimum absolute atomic E-state index is 0.205. The zero-order valence-electron chi connectivity index (χ0n) is 5.24. The molecule has 1 unspecified atom stereocenters. The SMILES string of the molecule is O=[C]C(O)Cc1ncc[nH]1. The van der Waals surface area contributed by atoms with Crippen LogP contribution in [0.15, 0.2) is 12.4 Å². The van der Waals surface area contributed by atoms with Crippen LogP contribution in [-0.4, -0.2) is 27.5 Å². The van der Waals surface area contributed by atoms with E-state index < -0.39 is 6.10 Å². The fourth-order valence-corrected chi connectivity index (χ4v) is 0.634. The summed E-state index contributed by atoms with van der Waals surface area (Å²) in [5.74, 6) is 0.593. The van der Waals surface area contributed by atoms with Gasteiger partial charge in [0.05, 0.1) is 0 Å². The van der Waals surface area contributed by atoms with Gasteiger partial charge in [-0.25, -0.2) is 4.98 Å². The first-order chi connectivity index (χ1) is 4.83. The number of nitrogens with zero attached hydrogens (tertiary/aromatic N) is 1. The third-order valence-electron chi connectivity index (χ3n) is 1.08. The molecule has 1 heterocycles. The molecule has 1 rings (SSSR count). The summed E-state index contributed by atoms with van der Waals surface area (Å²) in [7, 11) is 0. The first-order valence-corrected chi connectivity index (χ1v) is 2.87. The molecule has 10 heavy (non-hydrogen) atoms. The van der Waals surface area contributed by atoms with Gasteiger partial charge in [-0.05, 0) is 0 Å². The molecular weight excluding hydrogens is 132 g/mol. The number of imidazole rings is 1. The Labute approximate surface area is 57.9 Å². The van der Waals surface area contributed by atoms with Gasteiger partial charge in [0.15, 0.2) is 0 Å². The van der Waals surface area contributed by atoms with Crippen LogP contribution in [0.5, 0.6) is 0 Å². The standard InChI is InChI=1S/C6H7N2O2/c9-4-5(10)3-6-7-1-2-8-6/h1-2,5,10H,3H2,(H,7,8). The quantitative estimate of drug-likeness (QED) is 0.589. The number of aromatic amines is 1. The Morgan fingerprint density at radius 1 is 1.90 bits per heavy atom. The molecule has 0 aliphatic heterocycles. The highest BCUT2D eigenvalue weighted by molar-refractivity contribution is 5.56. The number of hydrogen-bond donors (Lipinski definition) is 2. The first-order valence-electron chi connectivity index (χ1n) is 2.87. The molecule has 1 radical (unpaired) electrons. The van der Waals surface area contributed by atoms with Crippen LogP contribution in [0.25, 0.3) is 0 Å². The summed E-state index contributed by atoms with van der Waals surface area (Å²) in [4.78, 5) is 16.4. The van der Waals surface area contributed by atoms with Crippen LogP contribution < -0.4 is 0 Å². The third-order valence-corrected chi connectivity index (χ3v) is 1.08. The molecule has 2 N–H and O–H groups in total. The minimum atomic E-state index is -1.06. The largest absolute Gasteiger partial charge is 0.384 e. The molecule has 4 nitrogen and oxygen atoms in total. The van der Waals surface area contributed by atoms with Gasteiger partial charge < -0.3 is 10.1 Å². The number of carbonyl (C=O) groups excluding carboxylic acids is 1. The number of hydrogen-bond acceptors (Lipinski definition) is 3. The highest BCUT2D eigenvalue weighted by Gasteiger charge is 2.04. The Bertz CT molecular complexity index is 196. The lowest BCUT2D eigenvalue weighted by molar-refractivity contribution is 0.232. The summed E-state index contributed by atoms with van der Waals surface area (Å²) in [6.45, 7) is 0. The lowest BCUT2D eigenvalue weighted by atomic mass is 10.3. The summed E-state index contributed by atoms with van der Waals surface area (Å²) in [6, 6.07) is 0. The van der Waals surface area contributed by atoms with E-state index in [9.17, 15) is 4.79 Å². The average Bonchev–Trinajstić information content (AvgIpc) is 2.40. The van der Waals surface area contributed by atoms with Crippen molar-refractivity contribution in [1.82, 2.24) is 9.97 Å². The van der Waals surface area contributed by atoms with E-state index in [4.69, 9.17) is 5.11 Å². The van der Waals surface area contributed by atoms with Gasteiger partial charge in [-0.2, -0.15) is 0 Å². The Morgan fingerprint density at radius 2 is 2.70 bits per heavy atom. The van der Waals surface area contributed by atoms with Crippen LogP contribution in [0.3, 0.4) is 0 Å². The van der Waals surface area contributed by atoms with Gasteiger partial charge in [-0.1, -0.05) is 0 Å². The second-order valence-electron chi connectivity index (χ2n) is 1.87. The molecule has 0 aromatic carbocycles. The van der Waals surface area contributed by atoms with Crippen molar-refractivity contribution < 1.29 is 9.90 Å². The van der Waals surface area contributed by atoms with Crippen molar-refractivity contribution in [3.05, 3.63) is 18.2 Å². The number of aromatic nitrogens is 2. The van der Waals surface area contributed by atoms with Gasteiger partial charge in [-0.15, -0.1) is 0 Å². The highest BCUT2D eigenvalue weighted by atomic mass is 16.3. The van der Waals surface area contributed by atoms with Crippen molar-refractivity contribution in [2.24, 2.45) is 0 Å². The normalized spacial score (nSPS) is 12.9. The summed E-state index contributed by atoms with van der Waals surface area (Å²) in [5, 5.41) is 8.75. The van der Waals surface area contributed by atoms with Crippen LogP contribution in [0.2, 0.25) is 0 Å². The zero-order valence-corrected chi connectivity index (χ0v) is 5.24. The molecule has 1 aromatic rings. The summed E-state index contributed by atoms with van der Waals surface area (Å²) in [5.41, 5.74) is 0. The van der Waals surface area contributed by atoms with Crippen molar-refractivity contribution in [3.63, 3.8) is 0 Å². The van der Waals surface area contributed by atoms with E-state index in [2.05, 4.69) is 9.97 Å². The lowest BCUT2D eigenvalue weighted by Gasteiger charge is -1.95. The van der Waals surface area contributed by atoms with Crippen LogP contribution in [0.4, 0.5) is 0 Å². The molecule has 0 saturated carbocycles. The maximum atomic E-state index is 9.81. The van der Waals surface area contributed by atoms with E-state index in [1.165, 1.54) is 6.29 Å². The molecule has 4 heteroatoms. The van der Waals surface area contributed by atoms with Crippen molar-refractivity contribution in [2.75, 3.05) is 0 Å². The van der Waals surface area contributed by atoms with Gasteiger partial charge in [0.1, 0.15) is 11.9 Å². The lowest BCUT2D eigenvalue weighted by Crippen LogP contribution is -2.12. The van der Waals surface area contributed by atoms with E-state index in [-0.39, 0.29) is 6.42 Å². The molecule has 0 aliphatic carbocycles. The molecule has 1 aromatic heterocycles. The van der Waals surface area contributed by atoms with Crippen molar-refractivity contribution in [2.45, 2.75) is 12.5 Å². The van der Waals surface area contributed by atoms with Gasteiger partial charge in [0.25, 0.3) is 0 Å². The number of nitrogens with one attached hydrogen (secondary N) is 1. The van der Waals surface area contributed by atoms with Gasteiger partial charge in [-0.3, -0.25) is 4.79 Å². The smallest absolute Gasteiger partial charge is 0.229 e. The Balaban J connectivity index is 2.47. The van der Waals surface area contributed by atoms with Crippen LogP contribution in [0.1, 0.15) is 5.82 Å². The number of H-pyrrole nitrogens is 1. The Kier molecular flexibility index (Phi) is 2.17. The van der Waals surface area contributed by atoms with Gasteiger partial charge >= 0.3 is 0 Å². The summed E-state index contributed by atoms with van der Waals surface area (Å²) >= 11 is 0. The molecular formula is C6H7N2O2. The van der Waals surface area contributed by atoms with Gasteiger partial charge in [0.2, 0.25) is 6.29 Å². The van der Waals surface area contributed by atoms with Crippen LogP contribution in [0, 0.1) is 0 Å². The first kappa shape index (κ1) is 6.95. The molecule has 1 atom stereocenters. The topological polar surface area (TPSA) is 66.0 Å². The number of rotatable bonds is 3. The van der Waals surface area contributed by atoms with Gasteiger partial charge in [0, 0.05) is 18.8 Å². The van der Waals surface area contributed by atoms with Crippen molar-refractivity contribution >= 4 is 6.29 Å². The van der Waals surface area contributed by atoms with Crippen molar-refractivity contribution in [1.29, 1.82) is 0 Å². The molecule has 0 spiro atoms. The molecule has 0 amide bonds. The summed E-state index contributed by atoms with van der Waals surface area (Å²) < 4.78 is 0. The zero-order chi connectivity index (χ0) is 7.40. The maximum absolute atomic E-state index is 9.81. The average molecular weight is 139 g/mol. The predicted octanol–water partition coefficient (Wildman–Crippen LogP) is -0.577. The fraction of sp³-hybridized carbons (Fsp3) is 0.333. The monoisotopic (exact) mass is 139 g/mol. The highest BCUT2D eigenvalue weighted by Crippen LogP contribution is 1.92. The van der Waals surface area contributed by atoms with E-state index in [1.54, 1.807) is 12.4 Å². The second-order valence-corrected chi connectivity index (χ2v) is 1.87. The molecule has 53 valence electrons. The van der Waals surface area contributed by atoms with Crippen LogP contribution in [-0.2, 0) is 11.2 Å². The minimum Gasteiger partial charge on any atom is -0.384 e. The molecule has 0 aliphatic rings. The Hall–Kier alpha value is -1.16. The summed E-state index contributed by atoms with van der Waals surface area (Å²) in [6.07, 6.45) is 3.78. The van der Waals surface area contributed by atoms with E-state index in [0.717, 1.165) is 0 Å². The fourth-order valence-electron chi connectivity index (χ4n) is 0.634. The third kappa shape index (κ3) is 1.66. The van der Waals surface area contributed by atoms with E-state index >= 15 is 0 Å². The van der Waals surface area contributed by atoms with E-state index in [1.807, 2.05) is 0 Å². The predicted molar refractivity (Wildman–Crippen MR) is 34.0 cm³/mol. The van der Waals surface area contributed by atoms with Crippen molar-refractivity contribution in [3.8, 4) is 0 Å².